The fraction of sp³-hybridized carbons (Fsp3) is 0.389. The van der Waals surface area contributed by atoms with Crippen LogP contribution < -0.4 is 5.32 Å². The summed E-state index contributed by atoms with van der Waals surface area (Å²) in [7, 11) is 0. The first kappa shape index (κ1) is 13.2. The van der Waals surface area contributed by atoms with Gasteiger partial charge in [-0.2, -0.15) is 0 Å². The summed E-state index contributed by atoms with van der Waals surface area (Å²) in [5.74, 6) is 0.893. The smallest absolute Gasteiger partial charge is 0.224 e. The lowest BCUT2D eigenvalue weighted by Gasteiger charge is -2.30. The highest BCUT2D eigenvalue weighted by Crippen LogP contribution is 2.55. The Morgan fingerprint density at radius 1 is 1.40 bits per heavy atom. The molecule has 1 N–H and O–H groups in total. The summed E-state index contributed by atoms with van der Waals surface area (Å²) in [5, 5.41) is 3.10. The molecule has 20 heavy (non-hydrogen) atoms. The highest BCUT2D eigenvalue weighted by Gasteiger charge is 2.50. The minimum absolute atomic E-state index is 0.0349. The molecule has 2 aliphatic carbocycles. The molecule has 0 aliphatic heterocycles. The van der Waals surface area contributed by atoms with Gasteiger partial charge in [-0.15, -0.1) is 6.58 Å². The van der Waals surface area contributed by atoms with Gasteiger partial charge in [0, 0.05) is 17.9 Å². The van der Waals surface area contributed by atoms with E-state index in [1.165, 1.54) is 0 Å². The van der Waals surface area contributed by atoms with Gasteiger partial charge in [-0.1, -0.05) is 48.6 Å². The van der Waals surface area contributed by atoms with Gasteiger partial charge in [-0.05, 0) is 30.7 Å². The van der Waals surface area contributed by atoms with Crippen molar-refractivity contribution < 1.29 is 4.79 Å². The van der Waals surface area contributed by atoms with E-state index < -0.39 is 0 Å². The van der Waals surface area contributed by atoms with Gasteiger partial charge in [0.1, 0.15) is 0 Å². The second-order valence-corrected chi connectivity index (χ2v) is 6.04. The molecular formula is C18H21NO. The van der Waals surface area contributed by atoms with Crippen LogP contribution in [-0.2, 0) is 11.3 Å². The maximum absolute atomic E-state index is 12.5. The van der Waals surface area contributed by atoms with Gasteiger partial charge in [0.2, 0.25) is 5.91 Å². The molecule has 1 aromatic carbocycles. The Morgan fingerprint density at radius 3 is 2.90 bits per heavy atom. The molecule has 2 nitrogen and oxygen atoms in total. The van der Waals surface area contributed by atoms with E-state index in [0.29, 0.717) is 12.5 Å². The van der Waals surface area contributed by atoms with Crippen LogP contribution in [0.1, 0.15) is 24.8 Å². The summed E-state index contributed by atoms with van der Waals surface area (Å²) in [6, 6.07) is 10.1. The van der Waals surface area contributed by atoms with Gasteiger partial charge in [-0.3, -0.25) is 4.79 Å². The normalized spacial score (nSPS) is 30.4. The van der Waals surface area contributed by atoms with Crippen molar-refractivity contribution >= 4 is 5.91 Å². The number of hydrogen-bond acceptors (Lipinski definition) is 1. The van der Waals surface area contributed by atoms with Gasteiger partial charge in [-0.25, -0.2) is 0 Å². The maximum atomic E-state index is 12.5. The van der Waals surface area contributed by atoms with E-state index in [1.54, 1.807) is 0 Å². The Bertz CT molecular complexity index is 534. The highest BCUT2D eigenvalue weighted by molar-refractivity contribution is 5.80. The number of fused-ring (bicyclic) bond motifs is 2. The Balaban J connectivity index is 1.65. The first-order valence-electron chi connectivity index (χ1n) is 7.35. The summed E-state index contributed by atoms with van der Waals surface area (Å²) in [5.41, 5.74) is 1.19. The van der Waals surface area contributed by atoms with Gasteiger partial charge >= 0.3 is 0 Å². The fourth-order valence-corrected chi connectivity index (χ4v) is 3.75. The summed E-state index contributed by atoms with van der Waals surface area (Å²) in [4.78, 5) is 12.5. The molecule has 1 saturated carbocycles. The molecule has 0 saturated heterocycles. The van der Waals surface area contributed by atoms with Crippen LogP contribution in [0.4, 0.5) is 0 Å². The number of nitrogens with one attached hydrogen (secondary N) is 1. The van der Waals surface area contributed by atoms with Crippen molar-refractivity contribution in [2.75, 3.05) is 0 Å². The average molecular weight is 267 g/mol. The zero-order valence-corrected chi connectivity index (χ0v) is 11.7. The van der Waals surface area contributed by atoms with E-state index in [0.717, 1.165) is 24.8 Å². The van der Waals surface area contributed by atoms with Crippen LogP contribution in [0.25, 0.3) is 0 Å². The number of carbonyl (C=O) groups excluding carboxylic acids is 1. The molecule has 0 aromatic heterocycles. The second-order valence-electron chi connectivity index (χ2n) is 6.04. The van der Waals surface area contributed by atoms with Crippen molar-refractivity contribution in [3.63, 3.8) is 0 Å². The van der Waals surface area contributed by atoms with E-state index in [2.05, 4.69) is 24.0 Å². The molecule has 104 valence electrons. The Kier molecular flexibility index (Phi) is 3.47. The Labute approximate surface area is 120 Å². The van der Waals surface area contributed by atoms with Crippen molar-refractivity contribution in [3.05, 3.63) is 60.7 Å². The summed E-state index contributed by atoms with van der Waals surface area (Å²) < 4.78 is 0. The third-order valence-corrected chi connectivity index (χ3v) is 4.73. The van der Waals surface area contributed by atoms with Crippen LogP contribution in [0.15, 0.2) is 55.1 Å². The van der Waals surface area contributed by atoms with Crippen LogP contribution >= 0.6 is 0 Å². The maximum Gasteiger partial charge on any atom is 0.224 e. The molecule has 0 spiro atoms. The number of benzene rings is 1. The predicted molar refractivity (Wildman–Crippen MR) is 80.9 cm³/mol. The van der Waals surface area contributed by atoms with E-state index in [9.17, 15) is 4.79 Å². The lowest BCUT2D eigenvalue weighted by Crippen LogP contribution is -2.37. The van der Waals surface area contributed by atoms with Crippen molar-refractivity contribution in [2.24, 2.45) is 17.3 Å². The zero-order valence-electron chi connectivity index (χ0n) is 11.7. The molecule has 2 aliphatic rings. The lowest BCUT2D eigenvalue weighted by molar-refractivity contribution is -0.127. The van der Waals surface area contributed by atoms with E-state index in [-0.39, 0.29) is 17.2 Å². The van der Waals surface area contributed by atoms with Crippen LogP contribution in [0.3, 0.4) is 0 Å². The third-order valence-electron chi connectivity index (χ3n) is 4.73. The van der Waals surface area contributed by atoms with Gasteiger partial charge in [0.05, 0.1) is 0 Å². The van der Waals surface area contributed by atoms with E-state index in [4.69, 9.17) is 0 Å². The largest absolute Gasteiger partial charge is 0.352 e. The number of hydrogen-bond donors (Lipinski definition) is 1. The topological polar surface area (TPSA) is 29.1 Å². The van der Waals surface area contributed by atoms with Crippen molar-refractivity contribution in [1.82, 2.24) is 5.32 Å². The molecule has 1 amide bonds. The van der Waals surface area contributed by atoms with Crippen molar-refractivity contribution in [2.45, 2.75) is 25.8 Å². The minimum Gasteiger partial charge on any atom is -0.352 e. The van der Waals surface area contributed by atoms with E-state index in [1.807, 2.05) is 36.4 Å². The second kappa shape index (κ2) is 5.28. The summed E-state index contributed by atoms with van der Waals surface area (Å²) in [6.07, 6.45) is 9.51. The third kappa shape index (κ3) is 2.31. The SMILES string of the molecule is C=CCC12C=CC(CC1C(=O)NCc1ccccc1)C2. The van der Waals surface area contributed by atoms with Gasteiger partial charge < -0.3 is 5.32 Å². The quantitative estimate of drug-likeness (QED) is 0.813. The van der Waals surface area contributed by atoms with Crippen LogP contribution in [0, 0.1) is 17.3 Å². The molecule has 0 radical (unpaired) electrons. The van der Waals surface area contributed by atoms with Gasteiger partial charge in [0.15, 0.2) is 0 Å². The standard InChI is InChI=1S/C18H21NO/c1-2-9-18-10-8-15(12-18)11-16(18)17(20)19-13-14-6-4-3-5-7-14/h2-8,10,15-16H,1,9,11-13H2,(H,19,20). The fourth-order valence-electron chi connectivity index (χ4n) is 3.75. The number of allylic oxidation sites excluding steroid dienone is 3. The zero-order chi connectivity index (χ0) is 14.0. The summed E-state index contributed by atoms with van der Waals surface area (Å²) >= 11 is 0. The molecule has 3 unspecified atom stereocenters. The number of rotatable bonds is 5. The first-order valence-corrected chi connectivity index (χ1v) is 7.35. The Hall–Kier alpha value is -1.83. The highest BCUT2D eigenvalue weighted by atomic mass is 16.1. The molecule has 2 bridgehead atoms. The van der Waals surface area contributed by atoms with Gasteiger partial charge in [0.25, 0.3) is 0 Å². The average Bonchev–Trinajstić information content (AvgIpc) is 3.04. The number of amides is 1. The summed E-state index contributed by atoms with van der Waals surface area (Å²) in [6.45, 7) is 4.48. The van der Waals surface area contributed by atoms with Crippen molar-refractivity contribution in [3.8, 4) is 0 Å². The molecule has 0 heterocycles. The number of carbonyl (C=O) groups is 1. The first-order chi connectivity index (χ1) is 9.73. The monoisotopic (exact) mass is 267 g/mol. The van der Waals surface area contributed by atoms with E-state index >= 15 is 0 Å². The van der Waals surface area contributed by atoms with Crippen molar-refractivity contribution in [1.29, 1.82) is 0 Å². The van der Waals surface area contributed by atoms with Crippen LogP contribution in [-0.4, -0.2) is 5.91 Å². The Morgan fingerprint density at radius 2 is 2.20 bits per heavy atom. The minimum atomic E-state index is 0.0349. The molecule has 2 heteroatoms. The molecule has 3 atom stereocenters. The van der Waals surface area contributed by atoms with Crippen LogP contribution in [0.5, 0.6) is 0 Å². The lowest BCUT2D eigenvalue weighted by atomic mass is 9.75. The molecular weight excluding hydrogens is 246 g/mol. The molecule has 1 fully saturated rings. The predicted octanol–water partition coefficient (Wildman–Crippen LogP) is 3.46. The van der Waals surface area contributed by atoms with Crippen LogP contribution in [0.2, 0.25) is 0 Å². The molecule has 1 aromatic rings. The molecule has 3 rings (SSSR count).